The van der Waals surface area contributed by atoms with Gasteiger partial charge in [-0.05, 0) is 67.9 Å². The van der Waals surface area contributed by atoms with Crippen LogP contribution in [0.5, 0.6) is 17.2 Å². The molecule has 1 aliphatic heterocycles. The summed E-state index contributed by atoms with van der Waals surface area (Å²) in [6.07, 6.45) is 1.72. The minimum atomic E-state index is -0.173. The molecule has 2 amide bonds. The Balaban J connectivity index is 1.32. The highest BCUT2D eigenvalue weighted by Gasteiger charge is 2.26. The van der Waals surface area contributed by atoms with Crippen LogP contribution in [0, 0.1) is 0 Å². The highest BCUT2D eigenvalue weighted by atomic mass is 35.5. The van der Waals surface area contributed by atoms with E-state index in [-0.39, 0.29) is 17.7 Å². The molecule has 0 radical (unpaired) electrons. The number of benzene rings is 3. The number of halogens is 2. The van der Waals surface area contributed by atoms with E-state index in [1.807, 2.05) is 41.1 Å². The molecule has 3 aromatic carbocycles. The van der Waals surface area contributed by atoms with Crippen molar-refractivity contribution in [2.24, 2.45) is 0 Å². The summed E-state index contributed by atoms with van der Waals surface area (Å²) >= 11 is 12.8. The van der Waals surface area contributed by atoms with Gasteiger partial charge in [-0.3, -0.25) is 9.59 Å². The maximum absolute atomic E-state index is 13.8. The van der Waals surface area contributed by atoms with E-state index < -0.39 is 0 Å². The molecule has 1 fully saturated rings. The maximum atomic E-state index is 13.8. The van der Waals surface area contributed by atoms with Crippen LogP contribution in [0.4, 0.5) is 5.95 Å². The molecule has 2 heterocycles. The number of hydrogen-bond acceptors (Lipinski definition) is 8. The van der Waals surface area contributed by atoms with Crippen molar-refractivity contribution < 1.29 is 23.8 Å². The lowest BCUT2D eigenvalue weighted by Crippen LogP contribution is -2.39. The van der Waals surface area contributed by atoms with Crippen LogP contribution < -0.4 is 24.1 Å². The van der Waals surface area contributed by atoms with E-state index in [4.69, 9.17) is 42.4 Å². The van der Waals surface area contributed by atoms with Crippen molar-refractivity contribution in [3.05, 3.63) is 75.8 Å². The third-order valence-corrected chi connectivity index (χ3v) is 9.85. The van der Waals surface area contributed by atoms with Crippen molar-refractivity contribution in [3.63, 3.8) is 0 Å². The number of nitrogens with zero attached hydrogens (tertiary/aromatic N) is 6. The average molecular weight is 712 g/mol. The number of carbonyl (C=O) groups excluding carboxylic acids is 2. The van der Waals surface area contributed by atoms with Crippen LogP contribution in [0.3, 0.4) is 0 Å². The van der Waals surface area contributed by atoms with E-state index >= 15 is 0 Å². The molecule has 1 unspecified atom stereocenters. The fourth-order valence-electron chi connectivity index (χ4n) is 6.34. The van der Waals surface area contributed by atoms with Crippen LogP contribution in [-0.2, 0) is 4.79 Å². The molecule has 13 heteroatoms. The van der Waals surface area contributed by atoms with E-state index in [2.05, 4.69) is 9.80 Å². The normalized spacial score (nSPS) is 14.3. The molecule has 11 nitrogen and oxygen atoms in total. The summed E-state index contributed by atoms with van der Waals surface area (Å²) in [4.78, 5) is 37.5. The van der Waals surface area contributed by atoms with Crippen molar-refractivity contribution in [3.8, 4) is 17.2 Å². The van der Waals surface area contributed by atoms with E-state index in [1.165, 1.54) is 21.3 Å². The number of aromatic nitrogens is 2. The van der Waals surface area contributed by atoms with Gasteiger partial charge in [-0.25, -0.2) is 14.7 Å². The summed E-state index contributed by atoms with van der Waals surface area (Å²) in [6, 6.07) is 16.9. The minimum Gasteiger partial charge on any atom is -0.493 e. The first-order valence-electron chi connectivity index (χ1n) is 16.3. The monoisotopic (exact) mass is 710 g/mol. The SMILES string of the molecule is COc1cc(C(=O)N(C)CC(CCN2CCCN(c3nc4ccccc4n3N(C)C(C)=O)CC2)c2ccc(Cl)c(Cl)c2)cc(OC)c1OC. The molecule has 1 aromatic heterocycles. The molecule has 4 aromatic rings. The smallest absolute Gasteiger partial charge is 0.253 e. The Morgan fingerprint density at radius 2 is 1.61 bits per heavy atom. The highest BCUT2D eigenvalue weighted by Crippen LogP contribution is 2.39. The molecule has 1 saturated heterocycles. The number of methoxy groups -OCH3 is 3. The number of carbonyl (C=O) groups is 2. The topological polar surface area (TPSA) is 92.6 Å². The number of amides is 2. The molecule has 0 aliphatic carbocycles. The fourth-order valence-corrected chi connectivity index (χ4v) is 6.65. The zero-order valence-corrected chi connectivity index (χ0v) is 30.4. The van der Waals surface area contributed by atoms with Gasteiger partial charge in [-0.15, -0.1) is 0 Å². The third-order valence-electron chi connectivity index (χ3n) is 9.11. The average Bonchev–Trinajstić information content (AvgIpc) is 3.33. The van der Waals surface area contributed by atoms with Crippen LogP contribution in [0.2, 0.25) is 10.0 Å². The Morgan fingerprint density at radius 1 is 0.898 bits per heavy atom. The molecule has 1 atom stereocenters. The number of fused-ring (bicyclic) bond motifs is 1. The lowest BCUT2D eigenvalue weighted by Gasteiger charge is -2.29. The van der Waals surface area contributed by atoms with Crippen molar-refractivity contribution in [2.75, 3.05) is 84.6 Å². The van der Waals surface area contributed by atoms with E-state index in [0.29, 0.717) is 39.4 Å². The molecule has 262 valence electrons. The Labute approximate surface area is 297 Å². The van der Waals surface area contributed by atoms with Crippen molar-refractivity contribution in [1.29, 1.82) is 0 Å². The van der Waals surface area contributed by atoms with E-state index in [9.17, 15) is 9.59 Å². The molecule has 5 rings (SSSR count). The van der Waals surface area contributed by atoms with E-state index in [0.717, 1.165) is 68.1 Å². The quantitative estimate of drug-likeness (QED) is 0.178. The van der Waals surface area contributed by atoms with Gasteiger partial charge in [-0.2, -0.15) is 0 Å². The second kappa shape index (κ2) is 16.0. The molecule has 0 saturated carbocycles. The maximum Gasteiger partial charge on any atom is 0.253 e. The standard InChI is InChI=1S/C36H44Cl2N6O5/c1-24(45)41(3)44-31-11-8-7-10-30(31)39-36(44)43-16-9-15-42(18-19-43)17-14-26(25-12-13-28(37)29(38)20-25)23-40(2)35(46)27-21-32(47-4)34(49-6)33(22-27)48-5/h7-8,10-13,20-22,26H,9,14-19,23H2,1-6H3. The zero-order valence-electron chi connectivity index (χ0n) is 28.9. The van der Waals surface area contributed by atoms with Gasteiger partial charge in [0.15, 0.2) is 11.5 Å². The van der Waals surface area contributed by atoms with Gasteiger partial charge >= 0.3 is 0 Å². The fraction of sp³-hybridized carbons (Fsp3) is 0.417. The number of ether oxygens (including phenoxy) is 3. The molecular formula is C36H44Cl2N6O5. The van der Waals surface area contributed by atoms with Crippen molar-refractivity contribution in [2.45, 2.75) is 25.7 Å². The number of likely N-dealkylation sites (N-methyl/N-ethyl adjacent to an activating group) is 1. The molecule has 0 spiro atoms. The number of hydrogen-bond donors (Lipinski definition) is 0. The van der Waals surface area contributed by atoms with Crippen LogP contribution in [0.1, 0.15) is 41.6 Å². The Morgan fingerprint density at radius 3 is 2.27 bits per heavy atom. The molecule has 1 aliphatic rings. The van der Waals surface area contributed by atoms with Crippen LogP contribution in [0.25, 0.3) is 11.0 Å². The Bertz CT molecular complexity index is 1770. The first-order chi connectivity index (χ1) is 23.6. The van der Waals surface area contributed by atoms with E-state index in [1.54, 1.807) is 49.1 Å². The molecular weight excluding hydrogens is 667 g/mol. The summed E-state index contributed by atoms with van der Waals surface area (Å²) in [6.45, 7) is 6.13. The van der Waals surface area contributed by atoms with Gasteiger partial charge in [0, 0.05) is 58.7 Å². The zero-order chi connectivity index (χ0) is 35.2. The number of para-hydroxylation sites is 2. The van der Waals surface area contributed by atoms with Crippen molar-refractivity contribution in [1.82, 2.24) is 19.5 Å². The summed E-state index contributed by atoms with van der Waals surface area (Å²) in [7, 11) is 8.15. The predicted molar refractivity (Wildman–Crippen MR) is 195 cm³/mol. The largest absolute Gasteiger partial charge is 0.493 e. The van der Waals surface area contributed by atoms with Gasteiger partial charge in [0.1, 0.15) is 0 Å². The Hall–Kier alpha value is -4.19. The van der Waals surface area contributed by atoms with Crippen LogP contribution in [0.15, 0.2) is 54.6 Å². The van der Waals surface area contributed by atoms with Gasteiger partial charge in [0.2, 0.25) is 17.6 Å². The lowest BCUT2D eigenvalue weighted by molar-refractivity contribution is -0.117. The summed E-state index contributed by atoms with van der Waals surface area (Å²) in [5.41, 5.74) is 3.18. The van der Waals surface area contributed by atoms with Crippen LogP contribution in [-0.4, -0.2) is 106 Å². The molecule has 0 N–H and O–H groups in total. The van der Waals surface area contributed by atoms with Gasteiger partial charge in [0.25, 0.3) is 5.91 Å². The van der Waals surface area contributed by atoms with Crippen molar-refractivity contribution >= 4 is 52.0 Å². The summed E-state index contributed by atoms with van der Waals surface area (Å²) < 4.78 is 18.3. The first-order valence-corrected chi connectivity index (χ1v) is 17.0. The number of rotatable bonds is 12. The number of imidazole rings is 1. The predicted octanol–water partition coefficient (Wildman–Crippen LogP) is 5.94. The highest BCUT2D eigenvalue weighted by molar-refractivity contribution is 6.42. The summed E-state index contributed by atoms with van der Waals surface area (Å²) in [5, 5.41) is 2.58. The third kappa shape index (κ3) is 8.01. The van der Waals surface area contributed by atoms with Crippen LogP contribution >= 0.6 is 23.2 Å². The number of anilines is 1. The second-order valence-electron chi connectivity index (χ2n) is 12.2. The first kappa shape index (κ1) is 36.1. The minimum absolute atomic E-state index is 0.0153. The lowest BCUT2D eigenvalue weighted by atomic mass is 9.94. The second-order valence-corrected chi connectivity index (χ2v) is 13.0. The van der Waals surface area contributed by atoms with Gasteiger partial charge in [0.05, 0.1) is 42.4 Å². The van der Waals surface area contributed by atoms with Gasteiger partial charge in [-0.1, -0.05) is 41.4 Å². The molecule has 49 heavy (non-hydrogen) atoms. The molecule has 0 bridgehead atoms. The van der Waals surface area contributed by atoms with Gasteiger partial charge < -0.3 is 28.9 Å². The Kier molecular flexibility index (Phi) is 11.8. The summed E-state index contributed by atoms with van der Waals surface area (Å²) in [5.74, 6) is 1.77.